The standard InChI is InChI=1S/C22H23NO3/c1-2-17(16-8-4-3-5-9-16)21(25)23-13-12-22(15-23)14-19(24)18-10-6-7-11-20(18)26-22/h3-11,17H,2,12-15H2,1H3. The number of nitrogens with zero attached hydrogens (tertiary/aromatic N) is 1. The summed E-state index contributed by atoms with van der Waals surface area (Å²) in [6.07, 6.45) is 1.80. The summed E-state index contributed by atoms with van der Waals surface area (Å²) in [7, 11) is 0. The number of rotatable bonds is 3. The van der Waals surface area contributed by atoms with Gasteiger partial charge < -0.3 is 9.64 Å². The van der Waals surface area contributed by atoms with E-state index in [9.17, 15) is 9.59 Å². The van der Waals surface area contributed by atoms with Crippen LogP contribution in [0.1, 0.15) is 48.0 Å². The molecular weight excluding hydrogens is 326 g/mol. The Balaban J connectivity index is 1.54. The fourth-order valence-corrected chi connectivity index (χ4v) is 4.16. The Kier molecular flexibility index (Phi) is 4.27. The van der Waals surface area contributed by atoms with Gasteiger partial charge in [-0.2, -0.15) is 0 Å². The first-order valence-corrected chi connectivity index (χ1v) is 9.27. The van der Waals surface area contributed by atoms with E-state index < -0.39 is 5.60 Å². The summed E-state index contributed by atoms with van der Waals surface area (Å²) in [5.41, 5.74) is 1.13. The van der Waals surface area contributed by atoms with Crippen LogP contribution in [0.3, 0.4) is 0 Å². The van der Waals surface area contributed by atoms with Gasteiger partial charge in [-0.3, -0.25) is 9.59 Å². The van der Waals surface area contributed by atoms with Crippen molar-refractivity contribution in [1.82, 2.24) is 4.90 Å². The van der Waals surface area contributed by atoms with Crippen LogP contribution in [-0.4, -0.2) is 35.3 Å². The monoisotopic (exact) mass is 349 g/mol. The number of amides is 1. The number of carbonyl (C=O) groups is 2. The Labute approximate surface area is 153 Å². The van der Waals surface area contributed by atoms with Crippen molar-refractivity contribution in [2.24, 2.45) is 0 Å². The Morgan fingerprint density at radius 3 is 2.65 bits per heavy atom. The van der Waals surface area contributed by atoms with Crippen LogP contribution in [0.5, 0.6) is 5.75 Å². The minimum Gasteiger partial charge on any atom is -0.484 e. The minimum absolute atomic E-state index is 0.108. The van der Waals surface area contributed by atoms with Crippen molar-refractivity contribution < 1.29 is 14.3 Å². The fourth-order valence-electron chi connectivity index (χ4n) is 4.16. The number of Topliss-reactive ketones (excluding diaryl/α,β-unsaturated/α-hetero) is 1. The van der Waals surface area contributed by atoms with E-state index in [2.05, 4.69) is 0 Å². The largest absolute Gasteiger partial charge is 0.484 e. The van der Waals surface area contributed by atoms with Crippen molar-refractivity contribution in [1.29, 1.82) is 0 Å². The second-order valence-corrected chi connectivity index (χ2v) is 7.26. The zero-order valence-corrected chi connectivity index (χ0v) is 15.0. The number of ketones is 1. The van der Waals surface area contributed by atoms with Crippen molar-refractivity contribution in [3.8, 4) is 5.75 Å². The molecule has 1 fully saturated rings. The second kappa shape index (κ2) is 6.60. The van der Waals surface area contributed by atoms with Crippen LogP contribution in [-0.2, 0) is 4.79 Å². The van der Waals surface area contributed by atoms with Gasteiger partial charge in [0.15, 0.2) is 5.78 Å². The van der Waals surface area contributed by atoms with E-state index >= 15 is 0 Å². The molecular formula is C22H23NO3. The highest BCUT2D eigenvalue weighted by Gasteiger charge is 2.47. The van der Waals surface area contributed by atoms with E-state index in [-0.39, 0.29) is 17.6 Å². The third-order valence-corrected chi connectivity index (χ3v) is 5.53. The van der Waals surface area contributed by atoms with Gasteiger partial charge in [0.25, 0.3) is 0 Å². The lowest BCUT2D eigenvalue weighted by Gasteiger charge is -2.35. The van der Waals surface area contributed by atoms with Crippen LogP contribution in [0, 0.1) is 0 Å². The molecule has 1 amide bonds. The highest BCUT2D eigenvalue weighted by atomic mass is 16.5. The van der Waals surface area contributed by atoms with Gasteiger partial charge in [-0.25, -0.2) is 0 Å². The summed E-state index contributed by atoms with van der Waals surface area (Å²) in [6, 6.07) is 17.3. The van der Waals surface area contributed by atoms with Gasteiger partial charge in [-0.15, -0.1) is 0 Å². The average Bonchev–Trinajstić information content (AvgIpc) is 3.06. The molecule has 4 nitrogen and oxygen atoms in total. The summed E-state index contributed by atoms with van der Waals surface area (Å²) in [5.74, 6) is 0.743. The summed E-state index contributed by atoms with van der Waals surface area (Å²) in [5, 5.41) is 0. The van der Waals surface area contributed by atoms with Crippen molar-refractivity contribution >= 4 is 11.7 Å². The Morgan fingerprint density at radius 2 is 1.88 bits per heavy atom. The van der Waals surface area contributed by atoms with E-state index in [4.69, 9.17) is 4.74 Å². The number of benzene rings is 2. The second-order valence-electron chi connectivity index (χ2n) is 7.26. The average molecular weight is 349 g/mol. The minimum atomic E-state index is -0.573. The normalized spacial score (nSPS) is 22.8. The number of para-hydroxylation sites is 1. The molecule has 1 spiro atoms. The van der Waals surface area contributed by atoms with Crippen LogP contribution in [0.25, 0.3) is 0 Å². The van der Waals surface area contributed by atoms with E-state index in [0.29, 0.717) is 37.2 Å². The van der Waals surface area contributed by atoms with Crippen molar-refractivity contribution in [3.05, 3.63) is 65.7 Å². The Morgan fingerprint density at radius 1 is 1.15 bits per heavy atom. The number of hydrogen-bond acceptors (Lipinski definition) is 3. The maximum atomic E-state index is 13.1. The van der Waals surface area contributed by atoms with E-state index in [1.165, 1.54) is 0 Å². The van der Waals surface area contributed by atoms with Gasteiger partial charge in [0.05, 0.1) is 24.4 Å². The maximum Gasteiger partial charge on any atom is 0.230 e. The van der Waals surface area contributed by atoms with Gasteiger partial charge >= 0.3 is 0 Å². The molecule has 2 heterocycles. The molecule has 0 N–H and O–H groups in total. The third-order valence-electron chi connectivity index (χ3n) is 5.53. The molecule has 134 valence electrons. The first-order chi connectivity index (χ1) is 12.6. The smallest absolute Gasteiger partial charge is 0.230 e. The molecule has 4 heteroatoms. The van der Waals surface area contributed by atoms with Crippen LogP contribution in [0.2, 0.25) is 0 Å². The zero-order chi connectivity index (χ0) is 18.1. The maximum absolute atomic E-state index is 13.1. The zero-order valence-electron chi connectivity index (χ0n) is 15.0. The van der Waals surface area contributed by atoms with Gasteiger partial charge in [-0.1, -0.05) is 49.4 Å². The molecule has 2 aliphatic rings. The van der Waals surface area contributed by atoms with Crippen LogP contribution >= 0.6 is 0 Å². The van der Waals surface area contributed by atoms with E-state index in [0.717, 1.165) is 12.0 Å². The molecule has 0 aliphatic carbocycles. The lowest BCUT2D eigenvalue weighted by Crippen LogP contribution is -2.45. The van der Waals surface area contributed by atoms with Gasteiger partial charge in [0.2, 0.25) is 5.91 Å². The molecule has 0 bridgehead atoms. The number of ether oxygens (including phenoxy) is 1. The molecule has 2 aliphatic heterocycles. The third kappa shape index (κ3) is 2.90. The highest BCUT2D eigenvalue weighted by Crippen LogP contribution is 2.39. The number of fused-ring (bicyclic) bond motifs is 1. The van der Waals surface area contributed by atoms with E-state index in [1.807, 2.05) is 66.4 Å². The number of carbonyl (C=O) groups excluding carboxylic acids is 2. The number of hydrogen-bond donors (Lipinski definition) is 0. The van der Waals surface area contributed by atoms with Crippen molar-refractivity contribution in [2.45, 2.75) is 37.7 Å². The van der Waals surface area contributed by atoms with Crippen LogP contribution in [0.4, 0.5) is 0 Å². The molecule has 4 rings (SSSR count). The number of likely N-dealkylation sites (tertiary alicyclic amines) is 1. The highest BCUT2D eigenvalue weighted by molar-refractivity contribution is 6.00. The Bertz CT molecular complexity index is 832. The molecule has 0 saturated carbocycles. The van der Waals surface area contributed by atoms with Gasteiger partial charge in [0.1, 0.15) is 11.4 Å². The topological polar surface area (TPSA) is 46.6 Å². The molecule has 0 aromatic heterocycles. The van der Waals surface area contributed by atoms with Crippen molar-refractivity contribution in [3.63, 3.8) is 0 Å². The summed E-state index contributed by atoms with van der Waals surface area (Å²) in [6.45, 7) is 3.16. The summed E-state index contributed by atoms with van der Waals surface area (Å²) in [4.78, 5) is 27.5. The lowest BCUT2D eigenvalue weighted by atomic mass is 9.89. The predicted octanol–water partition coefficient (Wildman–Crippen LogP) is 3.82. The molecule has 2 unspecified atom stereocenters. The predicted molar refractivity (Wildman–Crippen MR) is 99.4 cm³/mol. The quantitative estimate of drug-likeness (QED) is 0.846. The molecule has 1 saturated heterocycles. The SMILES string of the molecule is CCC(C(=O)N1CCC2(CC(=O)c3ccccc3O2)C1)c1ccccc1. The first-order valence-electron chi connectivity index (χ1n) is 9.27. The Hall–Kier alpha value is -2.62. The van der Waals surface area contributed by atoms with Crippen LogP contribution in [0.15, 0.2) is 54.6 Å². The first kappa shape index (κ1) is 16.8. The van der Waals surface area contributed by atoms with Crippen LogP contribution < -0.4 is 4.74 Å². The molecule has 2 aromatic carbocycles. The fraction of sp³-hybridized carbons (Fsp3) is 0.364. The molecule has 2 atom stereocenters. The molecule has 0 radical (unpaired) electrons. The summed E-state index contributed by atoms with van der Waals surface area (Å²) >= 11 is 0. The summed E-state index contributed by atoms with van der Waals surface area (Å²) < 4.78 is 6.24. The molecule has 2 aromatic rings. The van der Waals surface area contributed by atoms with Gasteiger partial charge in [0, 0.05) is 13.0 Å². The van der Waals surface area contributed by atoms with Gasteiger partial charge in [-0.05, 0) is 24.1 Å². The van der Waals surface area contributed by atoms with Crippen molar-refractivity contribution in [2.75, 3.05) is 13.1 Å². The lowest BCUT2D eigenvalue weighted by molar-refractivity contribution is -0.132. The molecule has 26 heavy (non-hydrogen) atoms. The van der Waals surface area contributed by atoms with E-state index in [1.54, 1.807) is 0 Å².